The maximum absolute atomic E-state index is 12.4. The zero-order valence-corrected chi connectivity index (χ0v) is 9.35. The first-order valence-electron chi connectivity index (χ1n) is 4.70. The van der Waals surface area contributed by atoms with Crippen molar-refractivity contribution in [3.63, 3.8) is 0 Å². The van der Waals surface area contributed by atoms with Crippen LogP contribution in [-0.4, -0.2) is 4.57 Å². The van der Waals surface area contributed by atoms with Gasteiger partial charge in [0.2, 0.25) is 0 Å². The molecular weight excluding hydrogens is 257 g/mol. The van der Waals surface area contributed by atoms with Gasteiger partial charge in [-0.2, -0.15) is 18.4 Å². The molecule has 3 nitrogen and oxygen atoms in total. The Kier molecular flexibility index (Phi) is 4.18. The molecule has 0 amide bonds. The van der Waals surface area contributed by atoms with Gasteiger partial charge in [0.15, 0.2) is 0 Å². The highest BCUT2D eigenvalue weighted by Gasteiger charge is 2.31. The fourth-order valence-corrected chi connectivity index (χ4v) is 1.47. The molecule has 0 aromatic carbocycles. The molecule has 0 aliphatic rings. The van der Waals surface area contributed by atoms with Crippen LogP contribution in [0.5, 0.6) is 0 Å². The molecule has 1 aromatic rings. The summed E-state index contributed by atoms with van der Waals surface area (Å²) in [6, 6.07) is 2.45. The van der Waals surface area contributed by atoms with Crippen LogP contribution in [0.1, 0.15) is 18.4 Å². The molecule has 0 atom stereocenters. The first kappa shape index (κ1) is 13.6. The van der Waals surface area contributed by atoms with Gasteiger partial charge in [0.05, 0.1) is 11.6 Å². The van der Waals surface area contributed by atoms with Gasteiger partial charge in [-0.15, -0.1) is 0 Å². The first-order valence-corrected chi connectivity index (χ1v) is 5.08. The summed E-state index contributed by atoms with van der Waals surface area (Å²) >= 11 is 5.44. The highest BCUT2D eigenvalue weighted by Crippen LogP contribution is 2.29. The van der Waals surface area contributed by atoms with Crippen molar-refractivity contribution in [2.75, 3.05) is 0 Å². The third kappa shape index (κ3) is 3.49. The second kappa shape index (κ2) is 5.23. The number of halogens is 4. The maximum Gasteiger partial charge on any atom is 0.417 e. The predicted octanol–water partition coefficient (Wildman–Crippen LogP) is 2.82. The third-order valence-electron chi connectivity index (χ3n) is 2.06. The third-order valence-corrected chi connectivity index (χ3v) is 2.33. The molecule has 0 saturated heterocycles. The zero-order valence-electron chi connectivity index (χ0n) is 8.59. The van der Waals surface area contributed by atoms with Crippen LogP contribution < -0.4 is 5.56 Å². The van der Waals surface area contributed by atoms with E-state index in [1.165, 1.54) is 0 Å². The molecular formula is C10H8ClF3N2O. The summed E-state index contributed by atoms with van der Waals surface area (Å²) in [7, 11) is 0. The minimum Gasteiger partial charge on any atom is -0.314 e. The second-order valence-electron chi connectivity index (χ2n) is 3.33. The van der Waals surface area contributed by atoms with E-state index in [0.717, 1.165) is 4.57 Å². The topological polar surface area (TPSA) is 45.8 Å². The van der Waals surface area contributed by atoms with Gasteiger partial charge in [-0.05, 0) is 12.5 Å². The lowest BCUT2D eigenvalue weighted by Gasteiger charge is -2.11. The Labute approximate surface area is 100 Å². The lowest BCUT2D eigenvalue weighted by Crippen LogP contribution is -2.23. The molecule has 0 aliphatic carbocycles. The number of nitriles is 1. The van der Waals surface area contributed by atoms with Crippen molar-refractivity contribution in [3.8, 4) is 6.07 Å². The standard InChI is InChI=1S/C10H8ClF3N2O/c11-8-5-7(10(12,13)14)6-16(9(8)17)4-2-1-3-15/h5-6H,1-2,4H2. The monoisotopic (exact) mass is 264 g/mol. The summed E-state index contributed by atoms with van der Waals surface area (Å²) in [6.45, 7) is 0.0377. The van der Waals surface area contributed by atoms with Crippen LogP contribution in [0.2, 0.25) is 5.02 Å². The molecule has 92 valence electrons. The summed E-state index contributed by atoms with van der Waals surface area (Å²) in [5.74, 6) is 0. The van der Waals surface area contributed by atoms with Gasteiger partial charge < -0.3 is 4.57 Å². The summed E-state index contributed by atoms with van der Waals surface area (Å²) in [5, 5.41) is 7.83. The van der Waals surface area contributed by atoms with Crippen LogP contribution >= 0.6 is 11.6 Å². The van der Waals surface area contributed by atoms with E-state index in [1.807, 2.05) is 6.07 Å². The van der Waals surface area contributed by atoms with Gasteiger partial charge in [-0.1, -0.05) is 11.6 Å². The summed E-state index contributed by atoms with van der Waals surface area (Å²) in [6.07, 6.45) is -3.37. The second-order valence-corrected chi connectivity index (χ2v) is 3.74. The minimum absolute atomic E-state index is 0.0377. The molecule has 0 radical (unpaired) electrons. The lowest BCUT2D eigenvalue weighted by molar-refractivity contribution is -0.138. The first-order chi connectivity index (χ1) is 7.86. The molecule has 1 heterocycles. The average Bonchev–Trinajstić information content (AvgIpc) is 2.22. The van der Waals surface area contributed by atoms with Gasteiger partial charge in [-0.3, -0.25) is 4.79 Å². The minimum atomic E-state index is -4.55. The number of hydrogen-bond donors (Lipinski definition) is 0. The van der Waals surface area contributed by atoms with Crippen molar-refractivity contribution in [1.82, 2.24) is 4.57 Å². The molecule has 0 bridgehead atoms. The number of aromatic nitrogens is 1. The van der Waals surface area contributed by atoms with Crippen molar-refractivity contribution < 1.29 is 13.2 Å². The number of alkyl halides is 3. The number of nitrogens with zero attached hydrogens (tertiary/aromatic N) is 2. The molecule has 0 saturated carbocycles. The SMILES string of the molecule is N#CCCCn1cc(C(F)(F)F)cc(Cl)c1=O. The predicted molar refractivity (Wildman–Crippen MR) is 55.6 cm³/mol. The van der Waals surface area contributed by atoms with Crippen LogP contribution in [0.3, 0.4) is 0 Å². The number of pyridine rings is 1. The molecule has 1 aromatic heterocycles. The van der Waals surface area contributed by atoms with Crippen LogP contribution in [0.15, 0.2) is 17.1 Å². The van der Waals surface area contributed by atoms with E-state index in [-0.39, 0.29) is 13.0 Å². The van der Waals surface area contributed by atoms with Crippen LogP contribution in [0.4, 0.5) is 13.2 Å². The van der Waals surface area contributed by atoms with E-state index in [9.17, 15) is 18.0 Å². The van der Waals surface area contributed by atoms with Crippen molar-refractivity contribution in [3.05, 3.63) is 33.2 Å². The fourth-order valence-electron chi connectivity index (χ4n) is 1.25. The van der Waals surface area contributed by atoms with Crippen molar-refractivity contribution in [2.24, 2.45) is 0 Å². The Balaban J connectivity index is 3.09. The van der Waals surface area contributed by atoms with Gasteiger partial charge in [0.25, 0.3) is 5.56 Å². The van der Waals surface area contributed by atoms with E-state index in [2.05, 4.69) is 0 Å². The van der Waals surface area contributed by atoms with Crippen LogP contribution in [0, 0.1) is 11.3 Å². The Morgan fingerprint density at radius 3 is 2.65 bits per heavy atom. The smallest absolute Gasteiger partial charge is 0.314 e. The van der Waals surface area contributed by atoms with E-state index in [4.69, 9.17) is 16.9 Å². The van der Waals surface area contributed by atoms with Crippen LogP contribution in [-0.2, 0) is 12.7 Å². The molecule has 0 fully saturated rings. The molecule has 7 heteroatoms. The Morgan fingerprint density at radius 1 is 1.47 bits per heavy atom. The average molecular weight is 265 g/mol. The summed E-state index contributed by atoms with van der Waals surface area (Å²) in [4.78, 5) is 11.4. The van der Waals surface area contributed by atoms with E-state index >= 15 is 0 Å². The number of rotatable bonds is 3. The highest BCUT2D eigenvalue weighted by atomic mass is 35.5. The van der Waals surface area contributed by atoms with Crippen LogP contribution in [0.25, 0.3) is 0 Å². The van der Waals surface area contributed by atoms with Gasteiger partial charge in [-0.25, -0.2) is 0 Å². The molecule has 17 heavy (non-hydrogen) atoms. The number of hydrogen-bond acceptors (Lipinski definition) is 2. The largest absolute Gasteiger partial charge is 0.417 e. The number of aryl methyl sites for hydroxylation is 1. The molecule has 0 N–H and O–H groups in total. The van der Waals surface area contributed by atoms with E-state index in [0.29, 0.717) is 18.7 Å². The van der Waals surface area contributed by atoms with E-state index < -0.39 is 22.3 Å². The Morgan fingerprint density at radius 2 is 2.12 bits per heavy atom. The molecule has 1 rings (SSSR count). The highest BCUT2D eigenvalue weighted by molar-refractivity contribution is 6.30. The normalized spacial score (nSPS) is 11.2. The maximum atomic E-state index is 12.4. The quantitative estimate of drug-likeness (QED) is 0.788. The molecule has 0 spiro atoms. The molecule has 0 unspecified atom stereocenters. The molecule has 0 aliphatic heterocycles. The van der Waals surface area contributed by atoms with Crippen molar-refractivity contribution >= 4 is 11.6 Å². The number of unbranched alkanes of at least 4 members (excludes halogenated alkanes) is 1. The Hall–Kier alpha value is -1.48. The Bertz CT molecular complexity index is 502. The lowest BCUT2D eigenvalue weighted by atomic mass is 10.2. The van der Waals surface area contributed by atoms with Gasteiger partial charge in [0, 0.05) is 19.2 Å². The van der Waals surface area contributed by atoms with Gasteiger partial charge in [0.1, 0.15) is 5.02 Å². The van der Waals surface area contributed by atoms with E-state index in [1.54, 1.807) is 0 Å². The summed E-state index contributed by atoms with van der Waals surface area (Å²) in [5.41, 5.74) is -1.66. The zero-order chi connectivity index (χ0) is 13.1. The summed E-state index contributed by atoms with van der Waals surface area (Å²) < 4.78 is 38.2. The van der Waals surface area contributed by atoms with Gasteiger partial charge >= 0.3 is 6.18 Å². The fraction of sp³-hybridized carbons (Fsp3) is 0.400. The van der Waals surface area contributed by atoms with Crippen molar-refractivity contribution in [1.29, 1.82) is 5.26 Å². The van der Waals surface area contributed by atoms with Crippen molar-refractivity contribution in [2.45, 2.75) is 25.6 Å².